The summed E-state index contributed by atoms with van der Waals surface area (Å²) in [5.74, 6) is 0.362. The average Bonchev–Trinajstić information content (AvgIpc) is 2.84. The van der Waals surface area contributed by atoms with Crippen LogP contribution in [0.25, 0.3) is 10.9 Å². The van der Waals surface area contributed by atoms with Gasteiger partial charge in [0.15, 0.2) is 0 Å². The van der Waals surface area contributed by atoms with Gasteiger partial charge in [0.2, 0.25) is 0 Å². The Morgan fingerprint density at radius 2 is 2.37 bits per heavy atom. The first-order valence-corrected chi connectivity index (χ1v) is 6.49. The Labute approximate surface area is 115 Å². The third kappa shape index (κ3) is 2.02. The minimum absolute atomic E-state index is 0.286. The number of fused-ring (bicyclic) bond motifs is 2. The molecule has 0 amide bonds. The molecule has 0 saturated heterocycles. The molecule has 3 rings (SSSR count). The van der Waals surface area contributed by atoms with Crippen LogP contribution in [0.2, 0.25) is 5.02 Å². The van der Waals surface area contributed by atoms with Gasteiger partial charge in [-0.1, -0.05) is 11.6 Å². The first kappa shape index (κ1) is 12.2. The van der Waals surface area contributed by atoms with Gasteiger partial charge < -0.3 is 9.47 Å². The minimum Gasteiger partial charge on any atom is -0.493 e. The van der Waals surface area contributed by atoms with Crippen molar-refractivity contribution in [2.75, 3.05) is 13.2 Å². The molecule has 0 spiro atoms. The molecule has 0 saturated carbocycles. The van der Waals surface area contributed by atoms with E-state index in [9.17, 15) is 4.79 Å². The molecule has 0 fully saturated rings. The van der Waals surface area contributed by atoms with E-state index in [-0.39, 0.29) is 5.56 Å². The molecule has 1 aromatic carbocycles. The summed E-state index contributed by atoms with van der Waals surface area (Å²) in [6.45, 7) is 2.73. The van der Waals surface area contributed by atoms with Crippen molar-refractivity contribution < 1.29 is 14.3 Å². The van der Waals surface area contributed by atoms with Crippen LogP contribution >= 0.6 is 11.6 Å². The van der Waals surface area contributed by atoms with Gasteiger partial charge in [-0.3, -0.25) is 4.98 Å². The predicted molar refractivity (Wildman–Crippen MR) is 71.9 cm³/mol. The number of carbonyl (C=O) groups excluding carboxylic acids is 1. The van der Waals surface area contributed by atoms with Gasteiger partial charge in [0.05, 0.1) is 29.3 Å². The Morgan fingerprint density at radius 1 is 1.53 bits per heavy atom. The minimum atomic E-state index is -0.455. The summed E-state index contributed by atoms with van der Waals surface area (Å²) in [7, 11) is 0. The highest BCUT2D eigenvalue weighted by molar-refractivity contribution is 6.38. The van der Waals surface area contributed by atoms with Crippen molar-refractivity contribution in [1.82, 2.24) is 4.98 Å². The van der Waals surface area contributed by atoms with E-state index in [2.05, 4.69) is 4.98 Å². The zero-order chi connectivity index (χ0) is 13.4. The number of pyridine rings is 1. The highest BCUT2D eigenvalue weighted by Gasteiger charge is 2.19. The third-order valence-electron chi connectivity index (χ3n) is 3.11. The number of rotatable bonds is 2. The Kier molecular flexibility index (Phi) is 3.03. The molecular weight excluding hydrogens is 266 g/mol. The summed E-state index contributed by atoms with van der Waals surface area (Å²) in [6.07, 6.45) is 2.34. The summed E-state index contributed by atoms with van der Waals surface area (Å²) in [5, 5.41) is 1.08. The van der Waals surface area contributed by atoms with E-state index >= 15 is 0 Å². The summed E-state index contributed by atoms with van der Waals surface area (Å²) in [5.41, 5.74) is 2.18. The van der Waals surface area contributed by atoms with Crippen molar-refractivity contribution >= 4 is 28.5 Å². The monoisotopic (exact) mass is 277 g/mol. The van der Waals surface area contributed by atoms with Crippen LogP contribution in [0.5, 0.6) is 5.75 Å². The lowest BCUT2D eigenvalue weighted by molar-refractivity contribution is 0.0526. The maximum absolute atomic E-state index is 11.8. The van der Waals surface area contributed by atoms with Gasteiger partial charge in [-0.05, 0) is 24.6 Å². The molecule has 0 unspecified atom stereocenters. The fourth-order valence-corrected chi connectivity index (χ4v) is 2.46. The molecule has 0 bridgehead atoms. The number of halogens is 1. The van der Waals surface area contributed by atoms with Gasteiger partial charge in [-0.25, -0.2) is 4.79 Å². The second kappa shape index (κ2) is 4.70. The van der Waals surface area contributed by atoms with Gasteiger partial charge in [-0.15, -0.1) is 0 Å². The number of hydrogen-bond donors (Lipinski definition) is 0. The fraction of sp³-hybridized carbons (Fsp3) is 0.286. The molecule has 1 aromatic heterocycles. The molecule has 5 heteroatoms. The van der Waals surface area contributed by atoms with Crippen molar-refractivity contribution in [2.45, 2.75) is 13.3 Å². The zero-order valence-electron chi connectivity index (χ0n) is 10.4. The van der Waals surface area contributed by atoms with E-state index in [4.69, 9.17) is 21.1 Å². The summed E-state index contributed by atoms with van der Waals surface area (Å²) >= 11 is 6.28. The summed E-state index contributed by atoms with van der Waals surface area (Å²) in [4.78, 5) is 16.0. The van der Waals surface area contributed by atoms with E-state index in [1.54, 1.807) is 6.92 Å². The summed E-state index contributed by atoms with van der Waals surface area (Å²) < 4.78 is 10.5. The summed E-state index contributed by atoms with van der Waals surface area (Å²) in [6, 6.07) is 3.80. The van der Waals surface area contributed by atoms with Crippen LogP contribution in [0.3, 0.4) is 0 Å². The largest absolute Gasteiger partial charge is 0.493 e. The number of benzene rings is 1. The van der Waals surface area contributed by atoms with Crippen LogP contribution in [0.15, 0.2) is 18.3 Å². The van der Waals surface area contributed by atoms with Gasteiger partial charge in [0.1, 0.15) is 5.75 Å². The highest BCUT2D eigenvalue weighted by atomic mass is 35.5. The van der Waals surface area contributed by atoms with Crippen LogP contribution in [0.1, 0.15) is 22.8 Å². The van der Waals surface area contributed by atoms with Crippen LogP contribution in [0.4, 0.5) is 0 Å². The van der Waals surface area contributed by atoms with E-state index < -0.39 is 5.97 Å². The molecule has 19 heavy (non-hydrogen) atoms. The molecular formula is C14H12ClNO3. The Bertz CT molecular complexity index is 669. The molecule has 0 N–H and O–H groups in total. The van der Waals surface area contributed by atoms with Crippen molar-refractivity contribution in [3.8, 4) is 5.75 Å². The van der Waals surface area contributed by atoms with Crippen molar-refractivity contribution in [1.29, 1.82) is 0 Å². The maximum Gasteiger partial charge on any atom is 0.341 e. The molecule has 4 nitrogen and oxygen atoms in total. The highest BCUT2D eigenvalue weighted by Crippen LogP contribution is 2.34. The van der Waals surface area contributed by atoms with Crippen LogP contribution < -0.4 is 4.74 Å². The fourth-order valence-electron chi connectivity index (χ4n) is 2.18. The number of ether oxygens (including phenoxy) is 2. The molecule has 1 aliphatic heterocycles. The third-order valence-corrected chi connectivity index (χ3v) is 3.52. The van der Waals surface area contributed by atoms with Crippen molar-refractivity contribution in [2.24, 2.45) is 0 Å². The number of hydrogen-bond acceptors (Lipinski definition) is 4. The van der Waals surface area contributed by atoms with Crippen molar-refractivity contribution in [3.63, 3.8) is 0 Å². The van der Waals surface area contributed by atoms with Crippen LogP contribution in [-0.2, 0) is 11.2 Å². The van der Waals surface area contributed by atoms with E-state index in [0.29, 0.717) is 23.6 Å². The Morgan fingerprint density at radius 3 is 3.16 bits per heavy atom. The Hall–Kier alpha value is -1.81. The van der Waals surface area contributed by atoms with Crippen molar-refractivity contribution in [3.05, 3.63) is 34.5 Å². The van der Waals surface area contributed by atoms with E-state index in [1.807, 2.05) is 12.1 Å². The second-order valence-electron chi connectivity index (χ2n) is 4.28. The maximum atomic E-state index is 11.8. The van der Waals surface area contributed by atoms with Gasteiger partial charge in [0, 0.05) is 18.0 Å². The predicted octanol–water partition coefficient (Wildman–Crippen LogP) is 3.00. The normalized spacial score (nSPS) is 13.2. The molecule has 0 atom stereocenters. The molecule has 2 aromatic rings. The lowest BCUT2D eigenvalue weighted by Crippen LogP contribution is -2.06. The molecule has 98 valence electrons. The molecule has 0 radical (unpaired) electrons. The number of aromatic nitrogens is 1. The Balaban J connectivity index is 2.16. The van der Waals surface area contributed by atoms with Gasteiger partial charge in [-0.2, -0.15) is 0 Å². The molecule has 0 aliphatic carbocycles. The number of nitrogens with zero attached hydrogens (tertiary/aromatic N) is 1. The van der Waals surface area contributed by atoms with E-state index in [1.165, 1.54) is 6.20 Å². The van der Waals surface area contributed by atoms with Crippen LogP contribution in [-0.4, -0.2) is 24.2 Å². The average molecular weight is 278 g/mol. The molecule has 1 aliphatic rings. The standard InChI is InChI=1S/C14H12ClNO3/c1-2-18-14(17)10-7-16-11-5-8-3-4-19-12(8)6-9(11)13(10)15/h5-7H,2-4H2,1H3. The molecule has 2 heterocycles. The number of carbonyl (C=O) groups is 1. The lowest BCUT2D eigenvalue weighted by atomic mass is 10.1. The quantitative estimate of drug-likeness (QED) is 0.792. The second-order valence-corrected chi connectivity index (χ2v) is 4.66. The van der Waals surface area contributed by atoms with Gasteiger partial charge in [0.25, 0.3) is 0 Å². The topological polar surface area (TPSA) is 48.4 Å². The smallest absolute Gasteiger partial charge is 0.341 e. The SMILES string of the molecule is CCOC(=O)c1cnc2cc3c(cc2c1Cl)OCC3. The van der Waals surface area contributed by atoms with Crippen LogP contribution in [0, 0.1) is 0 Å². The lowest BCUT2D eigenvalue weighted by Gasteiger charge is -2.08. The van der Waals surface area contributed by atoms with Gasteiger partial charge >= 0.3 is 5.97 Å². The van der Waals surface area contributed by atoms with E-state index in [0.717, 1.165) is 23.3 Å². The first-order valence-electron chi connectivity index (χ1n) is 6.11. The number of esters is 1. The zero-order valence-corrected chi connectivity index (χ0v) is 11.2. The first-order chi connectivity index (χ1) is 9.20.